The van der Waals surface area contributed by atoms with E-state index in [4.69, 9.17) is 10.4 Å². The highest BCUT2D eigenvalue weighted by atomic mass is 16.3. The number of benzene rings is 1. The highest BCUT2D eigenvalue weighted by molar-refractivity contribution is 5.45. The predicted molar refractivity (Wildman–Crippen MR) is 60.4 cm³/mol. The lowest BCUT2D eigenvalue weighted by atomic mass is 9.89. The Labute approximate surface area is 91.2 Å². The minimum atomic E-state index is 0.0363. The second kappa shape index (κ2) is 4.95. The van der Waals surface area contributed by atoms with Crippen LogP contribution in [0.1, 0.15) is 43.4 Å². The van der Waals surface area contributed by atoms with Crippen molar-refractivity contribution in [3.05, 3.63) is 40.8 Å². The predicted octanol–water partition coefficient (Wildman–Crippen LogP) is 2.62. The fourth-order valence-corrected chi connectivity index (χ4v) is 1.58. The summed E-state index contributed by atoms with van der Waals surface area (Å²) in [6, 6.07) is 7.76. The Bertz CT molecular complexity index is 377. The monoisotopic (exact) mass is 202 g/mol. The van der Waals surface area contributed by atoms with Gasteiger partial charge in [-0.15, -0.1) is 0 Å². The van der Waals surface area contributed by atoms with Gasteiger partial charge in [0.15, 0.2) is 0 Å². The molecule has 0 unspecified atom stereocenters. The van der Waals surface area contributed by atoms with E-state index in [2.05, 4.69) is 19.9 Å². The molecule has 1 rings (SSSR count). The molecule has 0 aliphatic carbocycles. The lowest BCUT2D eigenvalue weighted by Crippen LogP contribution is -2.06. The third kappa shape index (κ3) is 2.57. The normalized spacial score (nSPS) is 10.7. The first-order valence-electron chi connectivity index (χ1n) is 5.07. The van der Waals surface area contributed by atoms with Gasteiger partial charge in [0.1, 0.15) is 0 Å². The zero-order valence-electron chi connectivity index (χ0n) is 9.41. The minimum absolute atomic E-state index is 0.0363. The zero-order chi connectivity index (χ0) is 11.4. The molecule has 0 aliphatic heterocycles. The quantitative estimate of drug-likeness (QED) is 0.818. The van der Waals surface area contributed by atoms with Crippen molar-refractivity contribution in [2.24, 2.45) is 0 Å². The Kier molecular flexibility index (Phi) is 3.88. The molecule has 0 heterocycles. The maximum absolute atomic E-state index is 9.14. The smallest absolute Gasteiger partial charge is 0.0991 e. The van der Waals surface area contributed by atoms with Crippen LogP contribution in [-0.4, -0.2) is 11.7 Å². The summed E-state index contributed by atoms with van der Waals surface area (Å²) in [5, 5.41) is 18.0. The number of hydrogen-bond donors (Lipinski definition) is 1. The van der Waals surface area contributed by atoms with Crippen molar-refractivity contribution < 1.29 is 5.11 Å². The first-order valence-corrected chi connectivity index (χ1v) is 5.07. The van der Waals surface area contributed by atoms with Crippen LogP contribution in [0.4, 0.5) is 0 Å². The topological polar surface area (TPSA) is 44.0 Å². The molecular weight excluding hydrogens is 186 g/mol. The zero-order valence-corrected chi connectivity index (χ0v) is 9.41. The van der Waals surface area contributed by atoms with E-state index in [1.165, 1.54) is 5.56 Å². The highest BCUT2D eigenvalue weighted by Gasteiger charge is 2.13. The van der Waals surface area contributed by atoms with E-state index in [9.17, 15) is 0 Å². The average molecular weight is 202 g/mol. The molecule has 0 saturated carbocycles. The maximum atomic E-state index is 9.14. The summed E-state index contributed by atoms with van der Waals surface area (Å²) < 4.78 is 0. The molecule has 1 aromatic carbocycles. The summed E-state index contributed by atoms with van der Waals surface area (Å²) in [7, 11) is 0. The Hall–Kier alpha value is -1.33. The van der Waals surface area contributed by atoms with Crippen LogP contribution in [0.15, 0.2) is 18.2 Å². The van der Waals surface area contributed by atoms with Gasteiger partial charge >= 0.3 is 0 Å². The number of nitriles is 1. The first kappa shape index (κ1) is 11.7. The summed E-state index contributed by atoms with van der Waals surface area (Å²) in [5.74, 6) is 1.31. The Balaban J connectivity index is 3.23. The van der Waals surface area contributed by atoms with Gasteiger partial charge in [-0.05, 0) is 29.2 Å². The molecule has 0 saturated heterocycles. The van der Waals surface area contributed by atoms with Gasteiger partial charge < -0.3 is 5.11 Å². The molecule has 79 valence electrons. The van der Waals surface area contributed by atoms with E-state index in [1.54, 1.807) is 0 Å². The van der Waals surface area contributed by atoms with E-state index < -0.39 is 0 Å². The van der Waals surface area contributed by atoms with Gasteiger partial charge in [0.25, 0.3) is 0 Å². The third-order valence-corrected chi connectivity index (χ3v) is 2.50. The molecule has 0 bridgehead atoms. The minimum Gasteiger partial charge on any atom is -0.395 e. The Morgan fingerprint density at radius 1 is 1.47 bits per heavy atom. The van der Waals surface area contributed by atoms with E-state index >= 15 is 0 Å². The summed E-state index contributed by atoms with van der Waals surface area (Å²) in [5.41, 5.74) is 2.83. The summed E-state index contributed by atoms with van der Waals surface area (Å²) in [6.45, 7) is 6.14. The fourth-order valence-electron chi connectivity index (χ4n) is 1.58. The van der Waals surface area contributed by atoms with Crippen molar-refractivity contribution in [3.63, 3.8) is 0 Å². The van der Waals surface area contributed by atoms with Crippen molar-refractivity contribution in [3.8, 4) is 6.07 Å². The molecule has 0 spiro atoms. The van der Waals surface area contributed by atoms with Crippen molar-refractivity contribution in [1.82, 2.24) is 0 Å². The molecule has 15 heavy (non-hydrogen) atoms. The molecule has 2 nitrogen and oxygen atoms in total. The van der Waals surface area contributed by atoms with Crippen molar-refractivity contribution in [1.29, 1.82) is 5.26 Å². The van der Waals surface area contributed by atoms with Crippen LogP contribution in [0.3, 0.4) is 0 Å². The van der Waals surface area contributed by atoms with Crippen LogP contribution >= 0.6 is 0 Å². The van der Waals surface area contributed by atoms with Gasteiger partial charge in [0, 0.05) is 5.92 Å². The van der Waals surface area contributed by atoms with E-state index in [-0.39, 0.29) is 6.61 Å². The number of hydrogen-bond acceptors (Lipinski definition) is 2. The molecule has 0 aliphatic rings. The number of aliphatic hydroxyl groups is 1. The lowest BCUT2D eigenvalue weighted by Gasteiger charge is -2.16. The molecule has 2 heteroatoms. The number of rotatable bonds is 3. The van der Waals surface area contributed by atoms with Crippen LogP contribution in [0.25, 0.3) is 0 Å². The van der Waals surface area contributed by atoms with Crippen molar-refractivity contribution >= 4 is 0 Å². The second-order valence-electron chi connectivity index (χ2n) is 4.01. The molecular formula is C13H16NO. The highest BCUT2D eigenvalue weighted by Crippen LogP contribution is 2.26. The number of aliphatic hydroxyl groups excluding tert-OH is 1. The lowest BCUT2D eigenvalue weighted by molar-refractivity contribution is 0.314. The van der Waals surface area contributed by atoms with E-state index in [0.29, 0.717) is 11.5 Å². The van der Waals surface area contributed by atoms with Crippen LogP contribution < -0.4 is 0 Å². The molecule has 0 amide bonds. The van der Waals surface area contributed by atoms with E-state index in [0.717, 1.165) is 11.5 Å². The third-order valence-electron chi connectivity index (χ3n) is 2.50. The van der Waals surface area contributed by atoms with Crippen molar-refractivity contribution in [2.75, 3.05) is 6.61 Å². The van der Waals surface area contributed by atoms with Gasteiger partial charge in [0.05, 0.1) is 18.2 Å². The standard InChI is InChI=1S/C13H16NO/c1-9(2)12-5-4-11(7-14)6-13(12)10(3)8-15/h4-6,9,15H,8H2,1-3H3. The van der Waals surface area contributed by atoms with Gasteiger partial charge in [0.2, 0.25) is 0 Å². The molecule has 1 N–H and O–H groups in total. The average Bonchev–Trinajstić information content (AvgIpc) is 2.26. The summed E-state index contributed by atoms with van der Waals surface area (Å²) >= 11 is 0. The Morgan fingerprint density at radius 3 is 2.60 bits per heavy atom. The van der Waals surface area contributed by atoms with Crippen LogP contribution in [-0.2, 0) is 0 Å². The SMILES string of the molecule is C[C](CO)c1cc(C#N)ccc1C(C)C. The number of nitrogens with zero attached hydrogens (tertiary/aromatic N) is 1. The van der Waals surface area contributed by atoms with Crippen LogP contribution in [0.2, 0.25) is 0 Å². The first-order chi connectivity index (χ1) is 7.10. The molecule has 0 atom stereocenters. The molecule has 0 fully saturated rings. The Morgan fingerprint density at radius 2 is 2.13 bits per heavy atom. The van der Waals surface area contributed by atoms with Crippen LogP contribution in [0, 0.1) is 17.2 Å². The summed E-state index contributed by atoms with van der Waals surface area (Å²) in [6.07, 6.45) is 0. The van der Waals surface area contributed by atoms with Gasteiger partial charge in [-0.1, -0.05) is 26.8 Å². The van der Waals surface area contributed by atoms with E-state index in [1.807, 2.05) is 25.1 Å². The van der Waals surface area contributed by atoms with Gasteiger partial charge in [-0.2, -0.15) is 5.26 Å². The fraction of sp³-hybridized carbons (Fsp3) is 0.385. The van der Waals surface area contributed by atoms with Crippen molar-refractivity contribution in [2.45, 2.75) is 26.7 Å². The second-order valence-corrected chi connectivity index (χ2v) is 4.01. The van der Waals surface area contributed by atoms with Crippen LogP contribution in [0.5, 0.6) is 0 Å². The van der Waals surface area contributed by atoms with Gasteiger partial charge in [-0.3, -0.25) is 0 Å². The molecule has 1 radical (unpaired) electrons. The molecule has 1 aromatic rings. The molecule has 0 aromatic heterocycles. The largest absolute Gasteiger partial charge is 0.395 e. The summed E-state index contributed by atoms with van der Waals surface area (Å²) in [4.78, 5) is 0. The maximum Gasteiger partial charge on any atom is 0.0991 e. The van der Waals surface area contributed by atoms with Gasteiger partial charge in [-0.25, -0.2) is 0 Å².